The minimum atomic E-state index is -0.992. The van der Waals surface area contributed by atoms with E-state index in [9.17, 15) is 30.0 Å². The number of rotatable bonds is 3. The van der Waals surface area contributed by atoms with Gasteiger partial charge in [-0.1, -0.05) is 0 Å². The normalized spacial score (nSPS) is 26.4. The number of hydrogen-bond acceptors (Lipinski definition) is 9. The molecular formula is C28H52N2O9. The van der Waals surface area contributed by atoms with Gasteiger partial charge in [0.2, 0.25) is 0 Å². The van der Waals surface area contributed by atoms with Crippen LogP contribution < -0.4 is 0 Å². The number of ether oxygens (including phenoxy) is 3. The molecule has 3 saturated heterocycles. The molecule has 228 valence electrons. The van der Waals surface area contributed by atoms with Crippen LogP contribution in [0, 0.1) is 10.8 Å². The maximum Gasteiger partial charge on any atom is 0.410 e. The highest BCUT2D eigenvalue weighted by molar-refractivity contribution is 5.68. The maximum absolute atomic E-state index is 12.0. The van der Waals surface area contributed by atoms with E-state index in [4.69, 9.17) is 14.2 Å². The first-order chi connectivity index (χ1) is 17.8. The largest absolute Gasteiger partial charge is 0.444 e. The van der Waals surface area contributed by atoms with Crippen LogP contribution in [0.2, 0.25) is 0 Å². The number of carbonyl (C=O) groups excluding carboxylic acids is 2. The fraction of sp³-hybridized carbons (Fsp3) is 0.929. The molecule has 39 heavy (non-hydrogen) atoms. The van der Waals surface area contributed by atoms with Crippen molar-refractivity contribution in [1.82, 2.24) is 9.80 Å². The summed E-state index contributed by atoms with van der Waals surface area (Å²) < 4.78 is 16.2. The summed E-state index contributed by atoms with van der Waals surface area (Å²) in [5, 5.41) is 39.4. The van der Waals surface area contributed by atoms with E-state index in [1.807, 2.05) is 48.5 Å². The molecule has 3 aliphatic rings. The fourth-order valence-electron chi connectivity index (χ4n) is 5.39. The van der Waals surface area contributed by atoms with Gasteiger partial charge in [0.05, 0.1) is 37.6 Å². The number of nitrogens with zero attached hydrogens (tertiary/aromatic N) is 2. The van der Waals surface area contributed by atoms with Gasteiger partial charge in [-0.25, -0.2) is 9.59 Å². The molecule has 0 saturated carbocycles. The fourth-order valence-corrected chi connectivity index (χ4v) is 5.39. The quantitative estimate of drug-likeness (QED) is 0.408. The lowest BCUT2D eigenvalue weighted by molar-refractivity contribution is -0.106. The Morgan fingerprint density at radius 3 is 1.62 bits per heavy atom. The minimum absolute atomic E-state index is 0.104. The van der Waals surface area contributed by atoms with Gasteiger partial charge in [-0.3, -0.25) is 0 Å². The number of likely N-dealkylation sites (tertiary alicyclic amines) is 2. The zero-order valence-electron chi connectivity index (χ0n) is 25.1. The van der Waals surface area contributed by atoms with Crippen molar-refractivity contribution in [1.29, 1.82) is 0 Å². The van der Waals surface area contributed by atoms with Crippen LogP contribution in [0.4, 0.5) is 9.59 Å². The second kappa shape index (κ2) is 12.9. The van der Waals surface area contributed by atoms with Crippen LogP contribution in [-0.4, -0.2) is 117 Å². The summed E-state index contributed by atoms with van der Waals surface area (Å²) in [6.45, 7) is 16.9. The Kier molecular flexibility index (Phi) is 11.1. The molecule has 2 amide bonds. The van der Waals surface area contributed by atoms with Crippen LogP contribution in [0.5, 0.6) is 0 Å². The lowest BCUT2D eigenvalue weighted by atomic mass is 9.73. The summed E-state index contributed by atoms with van der Waals surface area (Å²) in [6, 6.07) is 0. The van der Waals surface area contributed by atoms with Crippen molar-refractivity contribution in [3.63, 3.8) is 0 Å². The van der Waals surface area contributed by atoms with Gasteiger partial charge in [0.25, 0.3) is 0 Å². The highest BCUT2D eigenvalue weighted by Gasteiger charge is 2.49. The Balaban J connectivity index is 0.000000274. The van der Waals surface area contributed by atoms with E-state index in [2.05, 4.69) is 0 Å². The predicted molar refractivity (Wildman–Crippen MR) is 145 cm³/mol. The molecule has 0 aliphatic carbocycles. The average molecular weight is 561 g/mol. The highest BCUT2D eigenvalue weighted by atomic mass is 16.6. The Labute approximate surface area is 233 Å². The highest BCUT2D eigenvalue weighted by Crippen LogP contribution is 2.42. The molecule has 0 aromatic rings. The van der Waals surface area contributed by atoms with Gasteiger partial charge in [0.15, 0.2) is 0 Å². The molecule has 0 aromatic carbocycles. The third kappa shape index (κ3) is 8.91. The van der Waals surface area contributed by atoms with Gasteiger partial charge in [0.1, 0.15) is 11.2 Å². The number of aliphatic hydroxyl groups excluding tert-OH is 4. The third-order valence-electron chi connectivity index (χ3n) is 7.93. The van der Waals surface area contributed by atoms with E-state index in [-0.39, 0.29) is 30.3 Å². The first kappa shape index (κ1) is 33.5. The van der Waals surface area contributed by atoms with Gasteiger partial charge in [-0.15, -0.1) is 0 Å². The summed E-state index contributed by atoms with van der Waals surface area (Å²) in [5.74, 6) is 0. The van der Waals surface area contributed by atoms with Crippen molar-refractivity contribution in [2.45, 2.75) is 117 Å². The SMILES string of the molecule is C[C@@H]1OCC2(CCN(C(=O)OC(C)(C)C)CC2)C1O.C[C@H](O)C(O)C1(CO)CCN(C(=O)OC(C)(C)C)CC1. The van der Waals surface area contributed by atoms with Crippen molar-refractivity contribution in [2.24, 2.45) is 10.8 Å². The molecule has 3 heterocycles. The van der Waals surface area contributed by atoms with E-state index in [1.54, 1.807) is 9.80 Å². The van der Waals surface area contributed by atoms with E-state index < -0.39 is 34.9 Å². The van der Waals surface area contributed by atoms with Crippen LogP contribution in [0.3, 0.4) is 0 Å². The predicted octanol–water partition coefficient (Wildman–Crippen LogP) is 2.52. The van der Waals surface area contributed by atoms with Crippen molar-refractivity contribution in [3.8, 4) is 0 Å². The van der Waals surface area contributed by atoms with Gasteiger partial charge in [0, 0.05) is 37.0 Å². The van der Waals surface area contributed by atoms with Crippen molar-refractivity contribution in [2.75, 3.05) is 39.4 Å². The molecule has 3 rings (SSSR count). The molecule has 0 radical (unpaired) electrons. The summed E-state index contributed by atoms with van der Waals surface area (Å²) in [5.41, 5.74) is -1.91. The van der Waals surface area contributed by atoms with Crippen molar-refractivity contribution >= 4 is 12.2 Å². The summed E-state index contributed by atoms with van der Waals surface area (Å²) in [7, 11) is 0. The monoisotopic (exact) mass is 560 g/mol. The molecular weight excluding hydrogens is 508 g/mol. The van der Waals surface area contributed by atoms with E-state index >= 15 is 0 Å². The number of aliphatic hydroxyl groups is 4. The lowest BCUT2D eigenvalue weighted by Gasteiger charge is -2.44. The van der Waals surface area contributed by atoms with Crippen LogP contribution in [0.15, 0.2) is 0 Å². The molecule has 11 nitrogen and oxygen atoms in total. The second-order valence-corrected chi connectivity index (χ2v) is 13.5. The van der Waals surface area contributed by atoms with Crippen molar-refractivity contribution in [3.05, 3.63) is 0 Å². The molecule has 2 unspecified atom stereocenters. The van der Waals surface area contributed by atoms with Gasteiger partial charge in [-0.05, 0) is 81.1 Å². The molecule has 0 bridgehead atoms. The summed E-state index contributed by atoms with van der Waals surface area (Å²) in [6.07, 6.45) is -0.636. The Bertz CT molecular complexity index is 805. The zero-order chi connectivity index (χ0) is 29.8. The van der Waals surface area contributed by atoms with Crippen LogP contribution in [0.1, 0.15) is 81.1 Å². The van der Waals surface area contributed by atoms with Crippen LogP contribution >= 0.6 is 0 Å². The maximum atomic E-state index is 12.0. The third-order valence-corrected chi connectivity index (χ3v) is 7.93. The molecule has 3 fully saturated rings. The first-order valence-electron chi connectivity index (χ1n) is 14.1. The molecule has 11 heteroatoms. The van der Waals surface area contributed by atoms with Crippen LogP contribution in [0.25, 0.3) is 0 Å². The molecule has 4 atom stereocenters. The molecule has 1 spiro atoms. The lowest BCUT2D eigenvalue weighted by Crippen LogP contribution is -2.53. The number of piperidine rings is 2. The zero-order valence-corrected chi connectivity index (χ0v) is 25.1. The Morgan fingerprint density at radius 1 is 0.897 bits per heavy atom. The number of carbonyl (C=O) groups is 2. The molecule has 0 aromatic heterocycles. The number of amides is 2. The second-order valence-electron chi connectivity index (χ2n) is 13.5. The van der Waals surface area contributed by atoms with Gasteiger partial charge < -0.3 is 44.4 Å². The Hall–Kier alpha value is -1.66. The average Bonchev–Trinajstić information content (AvgIpc) is 3.10. The van der Waals surface area contributed by atoms with E-state index in [0.29, 0.717) is 45.6 Å². The molecule has 4 N–H and O–H groups in total. The molecule has 3 aliphatic heterocycles. The van der Waals surface area contributed by atoms with Crippen LogP contribution in [-0.2, 0) is 14.2 Å². The smallest absolute Gasteiger partial charge is 0.410 e. The van der Waals surface area contributed by atoms with E-state index in [0.717, 1.165) is 12.8 Å². The number of hydrogen-bond donors (Lipinski definition) is 4. The minimum Gasteiger partial charge on any atom is -0.444 e. The topological polar surface area (TPSA) is 149 Å². The Morgan fingerprint density at radius 2 is 1.31 bits per heavy atom. The van der Waals surface area contributed by atoms with Crippen molar-refractivity contribution < 1.29 is 44.2 Å². The van der Waals surface area contributed by atoms with Gasteiger partial charge >= 0.3 is 12.2 Å². The summed E-state index contributed by atoms with van der Waals surface area (Å²) >= 11 is 0. The van der Waals surface area contributed by atoms with E-state index in [1.165, 1.54) is 6.92 Å². The first-order valence-corrected chi connectivity index (χ1v) is 14.1. The van der Waals surface area contributed by atoms with Gasteiger partial charge in [-0.2, -0.15) is 0 Å². The standard InChI is InChI=1S/C14H27NO5.C14H25NO4/c1-10(17)11(18)14(9-16)5-7-15(8-6-14)12(19)20-13(2,3)4;1-10-11(16)14(9-18-10)5-7-15(8-6-14)12(17)19-13(2,3)4/h10-11,16-18H,5-9H2,1-4H3;10-11,16H,5-9H2,1-4H3/t2*10-,11?/m00/s1. The summed E-state index contributed by atoms with van der Waals surface area (Å²) in [4.78, 5) is 27.2.